The number of carbonyl (C=O) groups excluding carboxylic acids is 2. The van der Waals surface area contributed by atoms with Crippen molar-refractivity contribution in [3.63, 3.8) is 0 Å². The molecule has 49 heavy (non-hydrogen) atoms. The molecular weight excluding hydrogens is 663 g/mol. The zero-order valence-corrected chi connectivity index (χ0v) is 27.9. The number of para-hydroxylation sites is 2. The highest BCUT2D eigenvalue weighted by Gasteiger charge is 2.41. The van der Waals surface area contributed by atoms with Gasteiger partial charge >= 0.3 is 18.0 Å². The number of nitrogens with two attached hydrogens (primary N) is 1. The molecule has 5 saturated heterocycles. The molecule has 3 aromatic rings. The fraction of sp³-hybridized carbons (Fsp3) is 0.559. The van der Waals surface area contributed by atoms with E-state index in [1.54, 1.807) is 9.47 Å². The van der Waals surface area contributed by atoms with Crippen LogP contribution in [-0.4, -0.2) is 112 Å². The van der Waals surface area contributed by atoms with Gasteiger partial charge in [0, 0.05) is 64.3 Å². The van der Waals surface area contributed by atoms with Crippen molar-refractivity contribution < 1.29 is 27.5 Å². The molecule has 8 rings (SSSR count). The Labute approximate surface area is 286 Å². The molecular formula is C34H41ClF3N7O4. The molecule has 2 bridgehead atoms. The van der Waals surface area contributed by atoms with Gasteiger partial charge < -0.3 is 30.2 Å². The number of fused-ring (bicyclic) bond motifs is 4. The highest BCUT2D eigenvalue weighted by atomic mass is 35.5. The predicted molar refractivity (Wildman–Crippen MR) is 178 cm³/mol. The number of ether oxygens (including phenoxy) is 1. The number of H-pyrrole nitrogens is 1. The van der Waals surface area contributed by atoms with Crippen LogP contribution in [0.5, 0.6) is 0 Å². The second-order valence-corrected chi connectivity index (χ2v) is 14.1. The summed E-state index contributed by atoms with van der Waals surface area (Å²) in [6.45, 7) is 6.07. The third kappa shape index (κ3) is 6.87. The Bertz CT molecular complexity index is 1760. The summed E-state index contributed by atoms with van der Waals surface area (Å²) in [7, 11) is 0. The number of amides is 2. The number of aromatic nitrogens is 2. The predicted octanol–water partition coefficient (Wildman–Crippen LogP) is 4.21. The minimum Gasteiger partial charge on any atom is -0.436 e. The Balaban J connectivity index is 1.05. The largest absolute Gasteiger partial charge is 0.436 e. The SMILES string of the molecule is Nc1c(Cl)cc(C[C@@H](OC(=O)N2CCC(n3c(=O)[nH]c4ccccc43)CC2)C(=O)N2CCN(C3CN4CCC3CC4)CC2)cc1C(F)(F)F. The van der Waals surface area contributed by atoms with Crippen LogP contribution in [-0.2, 0) is 22.1 Å². The molecule has 5 fully saturated rings. The standard InChI is InChI=1S/C34H41ClF3N7O4/c35-25-18-21(17-24(30(25)39)34(36,37)38)19-29(31(46)43-15-13-42(14-16-43)28-20-41-9-5-22(28)6-10-41)49-33(48)44-11-7-23(8-12-44)45-27-4-2-1-3-26(27)40-32(45)47/h1-4,17-18,22-23,28-29H,5-16,19-20,39H2,(H,40,47)/t28?,29-/m1/s1. The summed E-state index contributed by atoms with van der Waals surface area (Å²) in [6.07, 6.45) is -3.82. The van der Waals surface area contributed by atoms with E-state index in [0.29, 0.717) is 51.0 Å². The molecule has 0 spiro atoms. The summed E-state index contributed by atoms with van der Waals surface area (Å²) in [6, 6.07) is 9.87. The maximum Gasteiger partial charge on any atom is 0.418 e. The number of piperidine rings is 4. The van der Waals surface area contributed by atoms with Gasteiger partial charge in [0.25, 0.3) is 5.91 Å². The van der Waals surface area contributed by atoms with Crippen LogP contribution >= 0.6 is 11.6 Å². The maximum atomic E-state index is 14.0. The van der Waals surface area contributed by atoms with Gasteiger partial charge in [-0.05, 0) is 74.5 Å². The van der Waals surface area contributed by atoms with E-state index in [1.165, 1.54) is 23.8 Å². The number of piperazine rings is 1. The number of aromatic amines is 1. The number of nitrogens with zero attached hydrogens (tertiary/aromatic N) is 5. The smallest absolute Gasteiger partial charge is 0.418 e. The van der Waals surface area contributed by atoms with Crippen LogP contribution in [0.1, 0.15) is 42.9 Å². The topological polar surface area (TPSA) is 120 Å². The van der Waals surface area contributed by atoms with Crippen LogP contribution < -0.4 is 11.4 Å². The number of carbonyl (C=O) groups is 2. The summed E-state index contributed by atoms with van der Waals surface area (Å²) >= 11 is 6.11. The molecule has 1 aromatic heterocycles. The number of likely N-dealkylation sites (tertiary alicyclic amines) is 1. The van der Waals surface area contributed by atoms with Crippen molar-refractivity contribution in [3.8, 4) is 0 Å². The number of halogens is 4. The molecule has 15 heteroatoms. The monoisotopic (exact) mass is 703 g/mol. The lowest BCUT2D eigenvalue weighted by Crippen LogP contribution is -2.62. The number of hydrogen-bond donors (Lipinski definition) is 2. The Morgan fingerprint density at radius 3 is 2.31 bits per heavy atom. The van der Waals surface area contributed by atoms with Gasteiger partial charge in [-0.25, -0.2) is 9.59 Å². The first-order valence-corrected chi connectivity index (χ1v) is 17.4. The van der Waals surface area contributed by atoms with Crippen LogP contribution in [0.4, 0.5) is 23.7 Å². The second-order valence-electron chi connectivity index (χ2n) is 13.7. The van der Waals surface area contributed by atoms with Crippen molar-refractivity contribution in [3.05, 3.63) is 63.0 Å². The molecule has 0 radical (unpaired) electrons. The molecule has 0 aliphatic carbocycles. The first kappa shape index (κ1) is 33.7. The number of rotatable bonds is 6. The average Bonchev–Trinajstić information content (AvgIpc) is 3.44. The lowest BCUT2D eigenvalue weighted by Gasteiger charge is -2.51. The normalized spacial score (nSPS) is 24.4. The minimum atomic E-state index is -4.76. The zero-order chi connectivity index (χ0) is 34.4. The van der Waals surface area contributed by atoms with Crippen LogP contribution in [0, 0.1) is 5.92 Å². The number of nitrogens with one attached hydrogen (secondary N) is 1. The molecule has 0 saturated carbocycles. The van der Waals surface area contributed by atoms with Crippen molar-refractivity contribution in [2.24, 2.45) is 5.92 Å². The molecule has 2 atom stereocenters. The van der Waals surface area contributed by atoms with Gasteiger partial charge in [-0.2, -0.15) is 13.2 Å². The quantitative estimate of drug-likeness (QED) is 0.370. The first-order chi connectivity index (χ1) is 23.5. The van der Waals surface area contributed by atoms with E-state index >= 15 is 0 Å². The second kappa shape index (κ2) is 13.5. The lowest BCUT2D eigenvalue weighted by atomic mass is 9.83. The number of nitrogen functional groups attached to an aromatic ring is 1. The highest BCUT2D eigenvalue weighted by molar-refractivity contribution is 6.33. The summed E-state index contributed by atoms with van der Waals surface area (Å²) in [4.78, 5) is 51.2. The number of anilines is 1. The lowest BCUT2D eigenvalue weighted by molar-refractivity contribution is -0.143. The molecule has 1 unspecified atom stereocenters. The van der Waals surface area contributed by atoms with Gasteiger partial charge in [-0.3, -0.25) is 14.3 Å². The van der Waals surface area contributed by atoms with Crippen LogP contribution in [0.25, 0.3) is 11.0 Å². The van der Waals surface area contributed by atoms with Crippen molar-refractivity contribution in [2.45, 2.75) is 56.5 Å². The van der Waals surface area contributed by atoms with Gasteiger partial charge in [-0.1, -0.05) is 23.7 Å². The number of imidazole rings is 1. The van der Waals surface area contributed by atoms with Crippen molar-refractivity contribution in [2.75, 3.05) is 64.6 Å². The third-order valence-electron chi connectivity index (χ3n) is 10.9. The molecule has 11 nitrogen and oxygen atoms in total. The van der Waals surface area contributed by atoms with Crippen molar-refractivity contribution in [1.29, 1.82) is 0 Å². The number of hydrogen-bond acceptors (Lipinski definition) is 7. The average molecular weight is 704 g/mol. The van der Waals surface area contributed by atoms with E-state index in [1.807, 2.05) is 24.3 Å². The fourth-order valence-corrected chi connectivity index (χ4v) is 8.43. The first-order valence-electron chi connectivity index (χ1n) is 17.0. The number of alkyl halides is 3. The molecule has 3 N–H and O–H groups in total. The summed E-state index contributed by atoms with van der Waals surface area (Å²) in [5, 5.41) is -0.289. The Morgan fingerprint density at radius 2 is 1.65 bits per heavy atom. The zero-order valence-electron chi connectivity index (χ0n) is 27.1. The summed E-state index contributed by atoms with van der Waals surface area (Å²) in [5.41, 5.74) is 5.34. The van der Waals surface area contributed by atoms with Crippen molar-refractivity contribution in [1.82, 2.24) is 29.2 Å². The fourth-order valence-electron chi connectivity index (χ4n) is 8.18. The molecule has 5 aliphatic rings. The Kier molecular flexibility index (Phi) is 9.31. The van der Waals surface area contributed by atoms with Crippen molar-refractivity contribution >= 4 is 40.3 Å². The van der Waals surface area contributed by atoms with Gasteiger partial charge in [0.15, 0.2) is 6.10 Å². The third-order valence-corrected chi connectivity index (χ3v) is 11.2. The Morgan fingerprint density at radius 1 is 0.959 bits per heavy atom. The van der Waals surface area contributed by atoms with E-state index in [2.05, 4.69) is 14.8 Å². The van der Waals surface area contributed by atoms with Gasteiger partial charge in [0.1, 0.15) is 0 Å². The maximum absolute atomic E-state index is 14.0. The van der Waals surface area contributed by atoms with Crippen LogP contribution in [0.2, 0.25) is 5.02 Å². The number of benzene rings is 2. The molecule has 2 aromatic carbocycles. The molecule has 5 aliphatic heterocycles. The van der Waals surface area contributed by atoms with E-state index in [4.69, 9.17) is 22.1 Å². The van der Waals surface area contributed by atoms with Gasteiger partial charge in [0.2, 0.25) is 0 Å². The summed E-state index contributed by atoms with van der Waals surface area (Å²) < 4.78 is 49.0. The molecule has 2 amide bonds. The molecule has 264 valence electrons. The highest BCUT2D eigenvalue weighted by Crippen LogP contribution is 2.38. The van der Waals surface area contributed by atoms with Gasteiger partial charge in [0.05, 0.1) is 27.3 Å². The van der Waals surface area contributed by atoms with Gasteiger partial charge in [-0.15, -0.1) is 0 Å². The minimum absolute atomic E-state index is 0.0843. The van der Waals surface area contributed by atoms with Crippen LogP contribution in [0.15, 0.2) is 41.2 Å². The van der Waals surface area contributed by atoms with Crippen LogP contribution in [0.3, 0.4) is 0 Å². The van der Waals surface area contributed by atoms with E-state index in [0.717, 1.165) is 36.7 Å². The molecule has 6 heterocycles. The van der Waals surface area contributed by atoms with E-state index in [-0.39, 0.29) is 41.8 Å². The van der Waals surface area contributed by atoms with E-state index in [9.17, 15) is 27.6 Å². The van der Waals surface area contributed by atoms with E-state index < -0.39 is 35.5 Å². The summed E-state index contributed by atoms with van der Waals surface area (Å²) in [5.74, 6) is 0.196. The Hall–Kier alpha value is -3.75.